The Morgan fingerprint density at radius 1 is 1.26 bits per heavy atom. The molecular formula is C20H24F2N2O3. The molecule has 27 heavy (non-hydrogen) atoms. The maximum atomic E-state index is 14.4. The highest BCUT2D eigenvalue weighted by Gasteiger charge is 2.51. The monoisotopic (exact) mass is 378 g/mol. The van der Waals surface area contributed by atoms with Crippen molar-refractivity contribution in [2.75, 3.05) is 20.2 Å². The van der Waals surface area contributed by atoms with Crippen LogP contribution in [-0.2, 0) is 15.0 Å². The Morgan fingerprint density at radius 2 is 1.93 bits per heavy atom. The molecule has 1 atom stereocenters. The van der Waals surface area contributed by atoms with Gasteiger partial charge in [-0.3, -0.25) is 9.59 Å². The number of nitrogens with zero attached hydrogens (tertiary/aromatic N) is 1. The number of nitrogens with one attached hydrogen (secondary N) is 1. The number of ether oxygens (including phenoxy) is 1. The van der Waals surface area contributed by atoms with Crippen molar-refractivity contribution < 1.29 is 23.1 Å². The topological polar surface area (TPSA) is 58.6 Å². The molecule has 146 valence electrons. The second-order valence-electron chi connectivity index (χ2n) is 7.19. The first kappa shape index (κ1) is 19.3. The van der Waals surface area contributed by atoms with Gasteiger partial charge in [-0.1, -0.05) is 25.1 Å². The van der Waals surface area contributed by atoms with Gasteiger partial charge in [-0.15, -0.1) is 0 Å². The highest BCUT2D eigenvalue weighted by Crippen LogP contribution is 2.45. The zero-order valence-corrected chi connectivity index (χ0v) is 15.3. The van der Waals surface area contributed by atoms with Crippen LogP contribution >= 0.6 is 0 Å². The second kappa shape index (κ2) is 7.29. The molecule has 1 aromatic carbocycles. The van der Waals surface area contributed by atoms with Crippen LogP contribution in [0.5, 0.6) is 5.75 Å². The van der Waals surface area contributed by atoms with Gasteiger partial charge in [0, 0.05) is 19.5 Å². The molecular weight excluding hydrogens is 354 g/mol. The number of carbonyl (C=O) groups excluding carboxylic acids is 2. The number of amides is 2. The molecule has 2 fully saturated rings. The number of carbonyl (C=O) groups is 2. The van der Waals surface area contributed by atoms with E-state index in [2.05, 4.69) is 11.9 Å². The van der Waals surface area contributed by atoms with Crippen molar-refractivity contribution in [1.82, 2.24) is 10.2 Å². The van der Waals surface area contributed by atoms with E-state index in [1.807, 2.05) is 12.1 Å². The average Bonchev–Trinajstić information content (AvgIpc) is 2.62. The Labute approximate surface area is 157 Å². The lowest BCUT2D eigenvalue weighted by molar-refractivity contribution is -0.144. The molecule has 5 nitrogen and oxygen atoms in total. The number of methoxy groups -OCH3 is 1. The van der Waals surface area contributed by atoms with Crippen LogP contribution in [0.2, 0.25) is 0 Å². The van der Waals surface area contributed by atoms with Gasteiger partial charge in [0.2, 0.25) is 11.8 Å². The Balaban J connectivity index is 1.78. The Kier molecular flexibility index (Phi) is 5.22. The molecule has 1 N–H and O–H groups in total. The van der Waals surface area contributed by atoms with E-state index in [1.54, 1.807) is 19.2 Å². The number of piperidine rings is 1. The summed E-state index contributed by atoms with van der Waals surface area (Å²) >= 11 is 0. The molecule has 1 saturated heterocycles. The largest absolute Gasteiger partial charge is 0.497 e. The van der Waals surface area contributed by atoms with Crippen molar-refractivity contribution in [2.45, 2.75) is 43.1 Å². The molecule has 1 aromatic rings. The van der Waals surface area contributed by atoms with Gasteiger partial charge in [0.1, 0.15) is 11.8 Å². The fourth-order valence-corrected chi connectivity index (χ4v) is 3.77. The predicted octanol–water partition coefficient (Wildman–Crippen LogP) is 2.66. The standard InChI is InChI=1S/C20H24F2N2O3/c1-3-17(25)24-12-11-20(21,22)16(13-24)23-18(26)19(9-4-10-19)14-5-7-15(27-2)8-6-14/h3,5-8,16H,1,4,9-13H2,2H3,(H,23,26)/t16-/m1/s1. The minimum absolute atomic E-state index is 0.0478. The molecule has 0 unspecified atom stereocenters. The number of benzene rings is 1. The molecule has 3 rings (SSSR count). The van der Waals surface area contributed by atoms with Gasteiger partial charge < -0.3 is 15.0 Å². The quantitative estimate of drug-likeness (QED) is 0.802. The molecule has 0 aromatic heterocycles. The van der Waals surface area contributed by atoms with Crippen molar-refractivity contribution in [3.63, 3.8) is 0 Å². The Bertz CT molecular complexity index is 729. The van der Waals surface area contributed by atoms with Crippen molar-refractivity contribution in [1.29, 1.82) is 0 Å². The van der Waals surface area contributed by atoms with Gasteiger partial charge in [-0.25, -0.2) is 8.78 Å². The molecule has 0 radical (unpaired) electrons. The fraction of sp³-hybridized carbons (Fsp3) is 0.500. The van der Waals surface area contributed by atoms with Gasteiger partial charge in [0.25, 0.3) is 5.92 Å². The maximum absolute atomic E-state index is 14.4. The van der Waals surface area contributed by atoms with E-state index < -0.39 is 35.6 Å². The van der Waals surface area contributed by atoms with Crippen LogP contribution in [0.4, 0.5) is 8.78 Å². The highest BCUT2D eigenvalue weighted by molar-refractivity contribution is 5.90. The lowest BCUT2D eigenvalue weighted by Crippen LogP contribution is -2.62. The number of halogens is 2. The van der Waals surface area contributed by atoms with E-state index in [0.717, 1.165) is 18.1 Å². The van der Waals surface area contributed by atoms with Crippen LogP contribution < -0.4 is 10.1 Å². The van der Waals surface area contributed by atoms with E-state index >= 15 is 0 Å². The maximum Gasteiger partial charge on any atom is 0.271 e. The summed E-state index contributed by atoms with van der Waals surface area (Å²) in [5.41, 5.74) is -0.00206. The third kappa shape index (κ3) is 3.55. The van der Waals surface area contributed by atoms with E-state index in [0.29, 0.717) is 18.6 Å². The summed E-state index contributed by atoms with van der Waals surface area (Å²) < 4.78 is 33.9. The van der Waals surface area contributed by atoms with Crippen molar-refractivity contribution in [3.8, 4) is 5.75 Å². The summed E-state index contributed by atoms with van der Waals surface area (Å²) in [6.07, 6.45) is 2.71. The van der Waals surface area contributed by atoms with Crippen LogP contribution in [-0.4, -0.2) is 48.9 Å². The number of likely N-dealkylation sites (tertiary alicyclic amines) is 1. The first-order valence-electron chi connectivity index (χ1n) is 9.07. The molecule has 7 heteroatoms. The van der Waals surface area contributed by atoms with Gasteiger partial charge >= 0.3 is 0 Å². The molecule has 2 amide bonds. The zero-order chi connectivity index (χ0) is 19.7. The molecule has 2 aliphatic rings. The summed E-state index contributed by atoms with van der Waals surface area (Å²) in [4.78, 5) is 26.1. The summed E-state index contributed by atoms with van der Waals surface area (Å²) in [5, 5.41) is 2.54. The van der Waals surface area contributed by atoms with Crippen molar-refractivity contribution in [2.24, 2.45) is 0 Å². The number of hydrogen-bond donors (Lipinski definition) is 1. The first-order chi connectivity index (χ1) is 12.8. The van der Waals surface area contributed by atoms with Crippen LogP contribution in [0.3, 0.4) is 0 Å². The Hall–Kier alpha value is -2.44. The highest BCUT2D eigenvalue weighted by atomic mass is 19.3. The van der Waals surface area contributed by atoms with Crippen LogP contribution in [0.25, 0.3) is 0 Å². The second-order valence-corrected chi connectivity index (χ2v) is 7.19. The van der Waals surface area contributed by atoms with Gasteiger partial charge in [-0.05, 0) is 36.6 Å². The van der Waals surface area contributed by atoms with Crippen LogP contribution in [0.1, 0.15) is 31.2 Å². The third-order valence-electron chi connectivity index (χ3n) is 5.70. The SMILES string of the molecule is C=CC(=O)N1CCC(F)(F)[C@H](NC(=O)C2(c3ccc(OC)cc3)CCC2)C1. The molecule has 1 aliphatic heterocycles. The molecule has 1 aliphatic carbocycles. The normalized spacial score (nSPS) is 23.1. The summed E-state index contributed by atoms with van der Waals surface area (Å²) in [6, 6.07) is 5.75. The smallest absolute Gasteiger partial charge is 0.271 e. The van der Waals surface area contributed by atoms with E-state index in [-0.39, 0.29) is 13.1 Å². The van der Waals surface area contributed by atoms with Crippen LogP contribution in [0, 0.1) is 0 Å². The molecule has 1 heterocycles. The van der Waals surface area contributed by atoms with Gasteiger partial charge in [0.15, 0.2) is 0 Å². The average molecular weight is 378 g/mol. The number of rotatable bonds is 5. The third-order valence-corrected chi connectivity index (χ3v) is 5.70. The zero-order valence-electron chi connectivity index (χ0n) is 15.3. The van der Waals surface area contributed by atoms with E-state index in [9.17, 15) is 18.4 Å². The van der Waals surface area contributed by atoms with Gasteiger partial charge in [0.05, 0.1) is 12.5 Å². The minimum atomic E-state index is -3.06. The number of alkyl halides is 2. The minimum Gasteiger partial charge on any atom is -0.497 e. The number of hydrogen-bond acceptors (Lipinski definition) is 3. The first-order valence-corrected chi connectivity index (χ1v) is 9.07. The molecule has 0 spiro atoms. The summed E-state index contributed by atoms with van der Waals surface area (Å²) in [6.45, 7) is 3.13. The fourth-order valence-electron chi connectivity index (χ4n) is 3.77. The summed E-state index contributed by atoms with van der Waals surface area (Å²) in [7, 11) is 1.56. The van der Waals surface area contributed by atoms with E-state index in [4.69, 9.17) is 4.74 Å². The van der Waals surface area contributed by atoms with Crippen molar-refractivity contribution >= 4 is 11.8 Å². The lowest BCUT2D eigenvalue weighted by atomic mass is 9.63. The van der Waals surface area contributed by atoms with Gasteiger partial charge in [-0.2, -0.15) is 0 Å². The Morgan fingerprint density at radius 3 is 2.44 bits per heavy atom. The van der Waals surface area contributed by atoms with Crippen molar-refractivity contribution in [3.05, 3.63) is 42.5 Å². The molecule has 1 saturated carbocycles. The summed E-state index contributed by atoms with van der Waals surface area (Å²) in [5.74, 6) is -3.20. The van der Waals surface area contributed by atoms with Crippen LogP contribution in [0.15, 0.2) is 36.9 Å². The molecule has 0 bridgehead atoms. The predicted molar refractivity (Wildman–Crippen MR) is 96.8 cm³/mol. The van der Waals surface area contributed by atoms with E-state index in [1.165, 1.54) is 4.90 Å². The lowest BCUT2D eigenvalue weighted by Gasteiger charge is -2.44.